The van der Waals surface area contributed by atoms with Crippen LogP contribution in [0.4, 0.5) is 4.79 Å². The van der Waals surface area contributed by atoms with Crippen LogP contribution in [0.2, 0.25) is 0 Å². The van der Waals surface area contributed by atoms with Crippen molar-refractivity contribution in [2.45, 2.75) is 58.2 Å². The number of carbonyl (C=O) groups is 1. The zero-order chi connectivity index (χ0) is 13.0. The molecule has 0 radical (unpaired) electrons. The van der Waals surface area contributed by atoms with Crippen LogP contribution in [0.25, 0.3) is 0 Å². The molecule has 4 atom stereocenters. The molecule has 1 saturated carbocycles. The molecular formula is C12H21NO3. The predicted molar refractivity (Wildman–Crippen MR) is 60.1 cm³/mol. The Hall–Kier alpha value is -0.770. The smallest absolute Gasteiger partial charge is 0.410 e. The number of hydrogen-bond acceptors (Lipinski definition) is 3. The standard InChI is InChI=1S/C12H21NO3/c1-11(2,3)16-10(15)13-8(7-14)5-12(4)6-9(12)13/h8-9,14H,5-7H2,1-4H3/t8-,9+,12-/m0/s1/i5D/t5-,8+,9-,12+/m1. The van der Waals surface area contributed by atoms with Gasteiger partial charge in [-0.05, 0) is 39.0 Å². The average Bonchev–Trinajstić information content (AvgIpc) is 2.78. The van der Waals surface area contributed by atoms with Crippen LogP contribution in [0.3, 0.4) is 0 Å². The number of ether oxygens (including phenoxy) is 1. The van der Waals surface area contributed by atoms with Crippen LogP contribution < -0.4 is 0 Å². The molecule has 0 aromatic heterocycles. The van der Waals surface area contributed by atoms with E-state index in [1.807, 2.05) is 27.7 Å². The molecule has 2 rings (SSSR count). The van der Waals surface area contributed by atoms with Crippen LogP contribution in [0.15, 0.2) is 0 Å². The largest absolute Gasteiger partial charge is 0.444 e. The van der Waals surface area contributed by atoms with Gasteiger partial charge in [-0.25, -0.2) is 4.79 Å². The first-order chi connectivity index (χ1) is 7.70. The van der Waals surface area contributed by atoms with Gasteiger partial charge in [0.05, 0.1) is 12.6 Å². The van der Waals surface area contributed by atoms with Crippen molar-refractivity contribution >= 4 is 6.09 Å². The molecule has 1 saturated heterocycles. The van der Waals surface area contributed by atoms with Gasteiger partial charge in [0.1, 0.15) is 5.60 Å². The van der Waals surface area contributed by atoms with Gasteiger partial charge in [-0.1, -0.05) is 6.92 Å². The van der Waals surface area contributed by atoms with Crippen molar-refractivity contribution in [1.82, 2.24) is 4.90 Å². The van der Waals surface area contributed by atoms with Crippen LogP contribution in [0, 0.1) is 5.41 Å². The Labute approximate surface area is 98.0 Å². The maximum Gasteiger partial charge on any atom is 0.410 e. The molecule has 1 amide bonds. The van der Waals surface area contributed by atoms with Crippen molar-refractivity contribution < 1.29 is 16.0 Å². The number of carbonyl (C=O) groups excluding carboxylic acids is 1. The summed E-state index contributed by atoms with van der Waals surface area (Å²) in [4.78, 5) is 13.6. The maximum absolute atomic E-state index is 12.1. The first kappa shape index (κ1) is 10.4. The van der Waals surface area contributed by atoms with E-state index in [2.05, 4.69) is 0 Å². The highest BCUT2D eigenvalue weighted by Gasteiger charge is 2.63. The topological polar surface area (TPSA) is 49.8 Å². The summed E-state index contributed by atoms with van der Waals surface area (Å²) in [5.41, 5.74) is -0.688. The number of aliphatic hydroxyl groups excluding tert-OH is 1. The Morgan fingerprint density at radius 2 is 2.31 bits per heavy atom. The monoisotopic (exact) mass is 228 g/mol. The Kier molecular flexibility index (Phi) is 2.18. The molecular weight excluding hydrogens is 206 g/mol. The molecule has 2 fully saturated rings. The molecule has 4 heteroatoms. The SMILES string of the molecule is [2H][C@@H]1[C@@H](CO)N(C(=O)OC(C)(C)C)[C@@H]2C[C@]12C. The molecule has 0 unspecified atom stereocenters. The molecule has 0 aromatic rings. The third kappa shape index (κ3) is 1.90. The molecule has 1 heterocycles. The first-order valence-electron chi connectivity index (χ1n) is 6.33. The van der Waals surface area contributed by atoms with E-state index in [0.29, 0.717) is 0 Å². The molecule has 92 valence electrons. The van der Waals surface area contributed by atoms with Crippen LogP contribution >= 0.6 is 0 Å². The molecule has 1 N–H and O–H groups in total. The van der Waals surface area contributed by atoms with Gasteiger partial charge >= 0.3 is 6.09 Å². The van der Waals surface area contributed by atoms with Crippen molar-refractivity contribution in [3.63, 3.8) is 0 Å². The summed E-state index contributed by atoms with van der Waals surface area (Å²) in [7, 11) is 0. The Bertz CT molecular complexity index is 341. The molecule has 16 heavy (non-hydrogen) atoms. The van der Waals surface area contributed by atoms with Gasteiger partial charge < -0.3 is 9.84 Å². The van der Waals surface area contributed by atoms with Crippen molar-refractivity contribution in [2.75, 3.05) is 6.61 Å². The summed E-state index contributed by atoms with van der Waals surface area (Å²) in [5, 5.41) is 9.34. The van der Waals surface area contributed by atoms with Gasteiger partial charge in [-0.3, -0.25) is 4.90 Å². The third-order valence-electron chi connectivity index (χ3n) is 3.29. The Balaban J connectivity index is 2.13. The predicted octanol–water partition coefficient (Wildman–Crippen LogP) is 1.77. The lowest BCUT2D eigenvalue weighted by Gasteiger charge is -2.29. The maximum atomic E-state index is 12.1. The van der Waals surface area contributed by atoms with E-state index in [-0.39, 0.29) is 18.1 Å². The molecule has 0 spiro atoms. The normalized spacial score (nSPS) is 42.7. The number of nitrogens with zero attached hydrogens (tertiary/aromatic N) is 1. The third-order valence-corrected chi connectivity index (χ3v) is 3.29. The highest BCUT2D eigenvalue weighted by atomic mass is 16.6. The van der Waals surface area contributed by atoms with E-state index in [0.717, 1.165) is 6.42 Å². The minimum absolute atomic E-state index is 0.0667. The van der Waals surface area contributed by atoms with Crippen LogP contribution in [0.5, 0.6) is 0 Å². The van der Waals surface area contributed by atoms with Crippen molar-refractivity contribution in [3.05, 3.63) is 0 Å². The van der Waals surface area contributed by atoms with E-state index in [1.54, 1.807) is 4.90 Å². The van der Waals surface area contributed by atoms with Gasteiger partial charge in [-0.2, -0.15) is 0 Å². The minimum Gasteiger partial charge on any atom is -0.444 e. The summed E-state index contributed by atoms with van der Waals surface area (Å²) in [5.74, 6) is 0. The van der Waals surface area contributed by atoms with Crippen LogP contribution in [-0.4, -0.2) is 40.4 Å². The van der Waals surface area contributed by atoms with Gasteiger partial charge in [-0.15, -0.1) is 0 Å². The zero-order valence-corrected chi connectivity index (χ0v) is 10.4. The molecule has 0 aromatic carbocycles. The van der Waals surface area contributed by atoms with Gasteiger partial charge in [0, 0.05) is 7.41 Å². The average molecular weight is 228 g/mol. The van der Waals surface area contributed by atoms with Crippen molar-refractivity contribution in [2.24, 2.45) is 5.41 Å². The lowest BCUT2D eigenvalue weighted by molar-refractivity contribution is 0.0126. The van der Waals surface area contributed by atoms with Crippen molar-refractivity contribution in [3.8, 4) is 0 Å². The summed E-state index contributed by atoms with van der Waals surface area (Å²) in [6, 6.07) is -0.356. The van der Waals surface area contributed by atoms with E-state index < -0.39 is 24.1 Å². The molecule has 4 nitrogen and oxygen atoms in total. The van der Waals surface area contributed by atoms with E-state index in [9.17, 15) is 9.90 Å². The van der Waals surface area contributed by atoms with E-state index in [1.165, 1.54) is 0 Å². The van der Waals surface area contributed by atoms with E-state index in [4.69, 9.17) is 6.11 Å². The second-order valence-corrected chi connectivity index (χ2v) is 6.03. The number of amides is 1. The van der Waals surface area contributed by atoms with Gasteiger partial charge in [0.25, 0.3) is 0 Å². The van der Waals surface area contributed by atoms with Crippen LogP contribution in [0.1, 0.15) is 41.9 Å². The van der Waals surface area contributed by atoms with Gasteiger partial charge in [0.2, 0.25) is 0 Å². The molecule has 0 bridgehead atoms. The number of hydrogen-bond donors (Lipinski definition) is 1. The van der Waals surface area contributed by atoms with Gasteiger partial charge in [0.15, 0.2) is 0 Å². The summed E-state index contributed by atoms with van der Waals surface area (Å²) < 4.78 is 13.4. The first-order valence-corrected chi connectivity index (χ1v) is 5.75. The highest BCUT2D eigenvalue weighted by Crippen LogP contribution is 2.59. The minimum atomic E-state index is -0.539. The highest BCUT2D eigenvalue weighted by molar-refractivity contribution is 5.70. The summed E-state index contributed by atoms with van der Waals surface area (Å²) >= 11 is 0. The lowest BCUT2D eigenvalue weighted by atomic mass is 10.0. The summed E-state index contributed by atoms with van der Waals surface area (Å²) in [6.07, 6.45) is 0.0294. The second kappa shape index (κ2) is 3.36. The number of fused-ring (bicyclic) bond motifs is 1. The molecule has 1 aliphatic heterocycles. The zero-order valence-electron chi connectivity index (χ0n) is 11.4. The Morgan fingerprint density at radius 3 is 2.81 bits per heavy atom. The van der Waals surface area contributed by atoms with E-state index >= 15 is 0 Å². The van der Waals surface area contributed by atoms with Crippen LogP contribution in [-0.2, 0) is 4.74 Å². The number of aliphatic hydroxyl groups is 1. The number of likely N-dealkylation sites (tertiary alicyclic amines) is 1. The number of rotatable bonds is 1. The fourth-order valence-electron chi connectivity index (χ4n) is 2.42. The fourth-order valence-corrected chi connectivity index (χ4v) is 2.42. The van der Waals surface area contributed by atoms with Crippen molar-refractivity contribution in [1.29, 1.82) is 0 Å². The molecule has 1 aliphatic carbocycles. The fraction of sp³-hybridized carbons (Fsp3) is 0.917. The number of piperidine rings is 1. The Morgan fingerprint density at radius 1 is 1.69 bits per heavy atom. The lowest BCUT2D eigenvalue weighted by Crippen LogP contribution is -2.43. The quantitative estimate of drug-likeness (QED) is 0.744. The molecule has 2 aliphatic rings. The second-order valence-electron chi connectivity index (χ2n) is 6.03. The summed E-state index contributed by atoms with van der Waals surface area (Å²) in [6.45, 7) is 7.29.